The Bertz CT molecular complexity index is 1090. The van der Waals surface area contributed by atoms with Gasteiger partial charge < -0.3 is 0 Å². The zero-order valence-electron chi connectivity index (χ0n) is 13.9. The fourth-order valence-corrected chi connectivity index (χ4v) is 2.82. The quantitative estimate of drug-likeness (QED) is 0.414. The number of benzene rings is 2. The normalized spacial score (nSPS) is 10.7. The molecular weight excluding hydrogens is 334 g/mol. The maximum Gasteiger partial charge on any atom is 0.332 e. The molecular formula is C19H17N3O4. The number of allylic oxidation sites excluding steroid dienone is 1. The number of rotatable bonds is 5. The summed E-state index contributed by atoms with van der Waals surface area (Å²) in [6.07, 6.45) is 1.50. The molecule has 1 amide bonds. The van der Waals surface area contributed by atoms with Crippen LogP contribution in [0.25, 0.3) is 10.9 Å². The number of hydrogen-bond acceptors (Lipinski definition) is 4. The van der Waals surface area contributed by atoms with Gasteiger partial charge in [0.1, 0.15) is 0 Å². The SMILES string of the molecule is C=CCn1c(=O)c2ccccc2n(Cc2ccc(C(=O)NO)cc2)c1=O. The van der Waals surface area contributed by atoms with Crippen molar-refractivity contribution in [2.75, 3.05) is 0 Å². The first kappa shape index (κ1) is 17.4. The molecule has 132 valence electrons. The Kier molecular flexibility index (Phi) is 4.81. The fourth-order valence-electron chi connectivity index (χ4n) is 2.82. The molecule has 7 heteroatoms. The maximum atomic E-state index is 12.8. The number of carbonyl (C=O) groups is 1. The Morgan fingerprint density at radius 2 is 1.77 bits per heavy atom. The van der Waals surface area contributed by atoms with Gasteiger partial charge in [0.15, 0.2) is 0 Å². The number of aromatic nitrogens is 2. The molecule has 0 aliphatic rings. The molecule has 0 aliphatic heterocycles. The molecule has 0 spiro atoms. The lowest BCUT2D eigenvalue weighted by atomic mass is 10.1. The second kappa shape index (κ2) is 7.20. The van der Waals surface area contributed by atoms with E-state index in [1.54, 1.807) is 54.0 Å². The second-order valence-electron chi connectivity index (χ2n) is 5.73. The van der Waals surface area contributed by atoms with Crippen LogP contribution in [0.15, 0.2) is 70.8 Å². The lowest BCUT2D eigenvalue weighted by Crippen LogP contribution is -2.40. The van der Waals surface area contributed by atoms with E-state index >= 15 is 0 Å². The van der Waals surface area contributed by atoms with Crippen molar-refractivity contribution in [2.24, 2.45) is 0 Å². The van der Waals surface area contributed by atoms with Crippen molar-refractivity contribution in [3.63, 3.8) is 0 Å². The first-order valence-corrected chi connectivity index (χ1v) is 7.93. The highest BCUT2D eigenvalue weighted by Crippen LogP contribution is 2.11. The number of para-hydroxylation sites is 1. The summed E-state index contributed by atoms with van der Waals surface area (Å²) in [7, 11) is 0. The molecule has 0 unspecified atom stereocenters. The molecule has 7 nitrogen and oxygen atoms in total. The van der Waals surface area contributed by atoms with E-state index < -0.39 is 11.6 Å². The van der Waals surface area contributed by atoms with Crippen molar-refractivity contribution in [2.45, 2.75) is 13.1 Å². The van der Waals surface area contributed by atoms with E-state index in [1.807, 2.05) is 0 Å². The highest BCUT2D eigenvalue weighted by Gasteiger charge is 2.12. The zero-order valence-corrected chi connectivity index (χ0v) is 13.9. The molecule has 0 atom stereocenters. The molecule has 0 radical (unpaired) electrons. The summed E-state index contributed by atoms with van der Waals surface area (Å²) in [5, 5.41) is 9.12. The van der Waals surface area contributed by atoms with E-state index in [2.05, 4.69) is 6.58 Å². The molecule has 3 aromatic rings. The average molecular weight is 351 g/mol. The lowest BCUT2D eigenvalue weighted by molar-refractivity contribution is 0.0706. The summed E-state index contributed by atoms with van der Waals surface area (Å²) in [4.78, 5) is 36.7. The van der Waals surface area contributed by atoms with Gasteiger partial charge in [-0.1, -0.05) is 30.3 Å². The minimum Gasteiger partial charge on any atom is -0.289 e. The van der Waals surface area contributed by atoms with Crippen LogP contribution in [0.5, 0.6) is 0 Å². The number of carbonyl (C=O) groups excluding carboxylic acids is 1. The largest absolute Gasteiger partial charge is 0.332 e. The van der Waals surface area contributed by atoms with Crippen LogP contribution >= 0.6 is 0 Å². The van der Waals surface area contributed by atoms with Gasteiger partial charge in [0.25, 0.3) is 11.5 Å². The second-order valence-corrected chi connectivity index (χ2v) is 5.73. The Hall–Kier alpha value is -3.45. The standard InChI is InChI=1S/C19H17N3O4/c1-2-11-21-18(24)15-5-3-4-6-16(15)22(19(21)25)12-13-7-9-14(10-8-13)17(23)20-26/h2-10,26H,1,11-12H2,(H,20,23). The van der Waals surface area contributed by atoms with Crippen LogP contribution in [-0.2, 0) is 13.1 Å². The molecule has 0 fully saturated rings. The van der Waals surface area contributed by atoms with E-state index in [0.717, 1.165) is 10.1 Å². The van der Waals surface area contributed by atoms with Gasteiger partial charge in [-0.25, -0.2) is 10.3 Å². The van der Waals surface area contributed by atoms with Crippen LogP contribution in [0.2, 0.25) is 0 Å². The van der Waals surface area contributed by atoms with E-state index in [0.29, 0.717) is 16.5 Å². The number of fused-ring (bicyclic) bond motifs is 1. The Labute approximate surface area is 148 Å². The van der Waals surface area contributed by atoms with Crippen molar-refractivity contribution < 1.29 is 10.0 Å². The number of nitrogens with one attached hydrogen (secondary N) is 1. The molecule has 0 saturated carbocycles. The molecule has 3 rings (SSSR count). The summed E-state index contributed by atoms with van der Waals surface area (Å²) in [5.41, 5.74) is 2.41. The van der Waals surface area contributed by atoms with Gasteiger partial charge in [0.2, 0.25) is 0 Å². The third-order valence-corrected chi connectivity index (χ3v) is 4.10. The Morgan fingerprint density at radius 1 is 1.08 bits per heavy atom. The molecule has 2 N–H and O–H groups in total. The van der Waals surface area contributed by atoms with Crippen molar-refractivity contribution in [1.29, 1.82) is 0 Å². The summed E-state index contributed by atoms with van der Waals surface area (Å²) < 4.78 is 2.66. The molecule has 0 bridgehead atoms. The van der Waals surface area contributed by atoms with Gasteiger partial charge in [0, 0.05) is 12.1 Å². The van der Waals surface area contributed by atoms with Crippen LogP contribution in [0.1, 0.15) is 15.9 Å². The third kappa shape index (κ3) is 3.07. The van der Waals surface area contributed by atoms with Crippen molar-refractivity contribution in [3.05, 3.63) is 93.2 Å². The molecule has 0 saturated heterocycles. The zero-order chi connectivity index (χ0) is 18.7. The molecule has 26 heavy (non-hydrogen) atoms. The Morgan fingerprint density at radius 3 is 2.42 bits per heavy atom. The molecule has 1 aromatic heterocycles. The van der Waals surface area contributed by atoms with Crippen molar-refractivity contribution in [3.8, 4) is 0 Å². The topological polar surface area (TPSA) is 93.3 Å². The smallest absolute Gasteiger partial charge is 0.289 e. The molecule has 1 heterocycles. The lowest BCUT2D eigenvalue weighted by Gasteiger charge is -2.13. The first-order chi connectivity index (χ1) is 12.6. The van der Waals surface area contributed by atoms with Crippen LogP contribution in [0, 0.1) is 0 Å². The highest BCUT2D eigenvalue weighted by atomic mass is 16.5. The van der Waals surface area contributed by atoms with Gasteiger partial charge in [-0.3, -0.25) is 23.9 Å². The van der Waals surface area contributed by atoms with E-state index in [-0.39, 0.29) is 18.6 Å². The monoisotopic (exact) mass is 351 g/mol. The highest BCUT2D eigenvalue weighted by molar-refractivity contribution is 5.93. The number of nitrogens with zero attached hydrogens (tertiary/aromatic N) is 2. The van der Waals surface area contributed by atoms with Crippen LogP contribution in [-0.4, -0.2) is 20.2 Å². The molecule has 2 aromatic carbocycles. The van der Waals surface area contributed by atoms with Gasteiger partial charge in [-0.05, 0) is 29.8 Å². The van der Waals surface area contributed by atoms with Crippen LogP contribution in [0.3, 0.4) is 0 Å². The van der Waals surface area contributed by atoms with E-state index in [9.17, 15) is 14.4 Å². The predicted octanol–water partition coefficient (Wildman–Crippen LogP) is 1.52. The van der Waals surface area contributed by atoms with Crippen molar-refractivity contribution >= 4 is 16.8 Å². The molecule has 0 aliphatic carbocycles. The summed E-state index contributed by atoms with van der Waals surface area (Å²) in [6, 6.07) is 13.4. The van der Waals surface area contributed by atoms with Crippen molar-refractivity contribution in [1.82, 2.24) is 14.6 Å². The Balaban J connectivity index is 2.12. The van der Waals surface area contributed by atoms with Gasteiger partial charge in [-0.2, -0.15) is 0 Å². The fraction of sp³-hybridized carbons (Fsp3) is 0.105. The maximum absolute atomic E-state index is 12.8. The van der Waals surface area contributed by atoms with E-state index in [1.165, 1.54) is 10.6 Å². The third-order valence-electron chi connectivity index (χ3n) is 4.10. The van der Waals surface area contributed by atoms with Gasteiger partial charge in [0.05, 0.1) is 17.4 Å². The van der Waals surface area contributed by atoms with Crippen LogP contribution in [0.4, 0.5) is 0 Å². The summed E-state index contributed by atoms with van der Waals surface area (Å²) in [6.45, 7) is 3.96. The summed E-state index contributed by atoms with van der Waals surface area (Å²) >= 11 is 0. The predicted molar refractivity (Wildman–Crippen MR) is 97.5 cm³/mol. The number of hydrogen-bond donors (Lipinski definition) is 2. The number of amides is 1. The van der Waals surface area contributed by atoms with Gasteiger partial charge in [-0.15, -0.1) is 6.58 Å². The first-order valence-electron chi connectivity index (χ1n) is 7.93. The number of hydroxylamine groups is 1. The van der Waals surface area contributed by atoms with E-state index in [4.69, 9.17) is 5.21 Å². The van der Waals surface area contributed by atoms with Crippen LogP contribution < -0.4 is 16.7 Å². The summed E-state index contributed by atoms with van der Waals surface area (Å²) in [5.74, 6) is -0.612. The minimum absolute atomic E-state index is 0.123. The average Bonchev–Trinajstić information content (AvgIpc) is 2.68. The minimum atomic E-state index is -0.612. The van der Waals surface area contributed by atoms with Gasteiger partial charge >= 0.3 is 5.69 Å².